The number of aldehydes is 1. The summed E-state index contributed by atoms with van der Waals surface area (Å²) < 4.78 is 1.34. The van der Waals surface area contributed by atoms with Crippen LogP contribution in [0, 0.1) is 6.92 Å². The number of halogens is 1. The molecule has 6 nitrogen and oxygen atoms in total. The van der Waals surface area contributed by atoms with E-state index in [4.69, 9.17) is 16.7 Å². The molecule has 0 spiro atoms. The molecule has 0 atom stereocenters. The van der Waals surface area contributed by atoms with Crippen LogP contribution in [-0.2, 0) is 0 Å². The Labute approximate surface area is 107 Å². The molecule has 0 saturated heterocycles. The van der Waals surface area contributed by atoms with E-state index in [1.54, 1.807) is 6.92 Å². The van der Waals surface area contributed by atoms with E-state index in [1.165, 1.54) is 23.1 Å². The first-order valence-electron chi connectivity index (χ1n) is 4.93. The van der Waals surface area contributed by atoms with Gasteiger partial charge < -0.3 is 5.11 Å². The van der Waals surface area contributed by atoms with Crippen LogP contribution in [0.4, 0.5) is 0 Å². The van der Waals surface area contributed by atoms with Crippen LogP contribution >= 0.6 is 11.6 Å². The van der Waals surface area contributed by atoms with E-state index in [0.29, 0.717) is 17.5 Å². The van der Waals surface area contributed by atoms with Crippen molar-refractivity contribution in [1.29, 1.82) is 0 Å². The Morgan fingerprint density at radius 3 is 2.78 bits per heavy atom. The summed E-state index contributed by atoms with van der Waals surface area (Å²) in [5, 5.41) is 13.0. The molecule has 2 aromatic heterocycles. The number of carboxylic acids is 1. The minimum Gasteiger partial charge on any atom is -0.478 e. The minimum atomic E-state index is -1.11. The topological polar surface area (TPSA) is 85.1 Å². The molecule has 0 fully saturated rings. The molecule has 0 amide bonds. The van der Waals surface area contributed by atoms with Gasteiger partial charge in [-0.15, -0.1) is 0 Å². The van der Waals surface area contributed by atoms with E-state index in [1.807, 2.05) is 0 Å². The maximum absolute atomic E-state index is 10.7. The van der Waals surface area contributed by atoms with Crippen LogP contribution < -0.4 is 0 Å². The van der Waals surface area contributed by atoms with Gasteiger partial charge >= 0.3 is 5.97 Å². The number of rotatable bonds is 3. The third kappa shape index (κ3) is 2.10. The fraction of sp³-hybridized carbons (Fsp3) is 0.0909. The lowest BCUT2D eigenvalue weighted by atomic mass is 10.3. The number of aromatic nitrogens is 3. The first kappa shape index (κ1) is 12.3. The number of carbonyl (C=O) groups is 2. The summed E-state index contributed by atoms with van der Waals surface area (Å²) in [7, 11) is 0. The Balaban J connectivity index is 2.50. The predicted molar refractivity (Wildman–Crippen MR) is 63.5 cm³/mol. The summed E-state index contributed by atoms with van der Waals surface area (Å²) in [6.07, 6.45) is 3.34. The van der Waals surface area contributed by atoms with Crippen LogP contribution in [0.15, 0.2) is 18.5 Å². The highest BCUT2D eigenvalue weighted by molar-refractivity contribution is 6.32. The van der Waals surface area contributed by atoms with Crippen molar-refractivity contribution >= 4 is 23.9 Å². The lowest BCUT2D eigenvalue weighted by Gasteiger charge is -2.03. The Morgan fingerprint density at radius 1 is 1.56 bits per heavy atom. The second-order valence-electron chi connectivity index (χ2n) is 3.57. The van der Waals surface area contributed by atoms with E-state index in [0.717, 1.165) is 0 Å². The van der Waals surface area contributed by atoms with E-state index in [2.05, 4.69) is 10.1 Å². The molecule has 92 valence electrons. The van der Waals surface area contributed by atoms with Crippen molar-refractivity contribution in [3.8, 4) is 5.82 Å². The quantitative estimate of drug-likeness (QED) is 0.855. The molecule has 0 bridgehead atoms. The second kappa shape index (κ2) is 4.58. The summed E-state index contributed by atoms with van der Waals surface area (Å²) in [6.45, 7) is 1.68. The van der Waals surface area contributed by atoms with Gasteiger partial charge in [-0.3, -0.25) is 4.79 Å². The number of aromatic carboxylic acids is 1. The largest absolute Gasteiger partial charge is 0.478 e. The van der Waals surface area contributed by atoms with Crippen molar-refractivity contribution in [2.75, 3.05) is 0 Å². The molecule has 0 aliphatic heterocycles. The van der Waals surface area contributed by atoms with Crippen LogP contribution in [0.5, 0.6) is 0 Å². The van der Waals surface area contributed by atoms with E-state index in [-0.39, 0.29) is 16.4 Å². The molecule has 0 aliphatic carbocycles. The fourth-order valence-corrected chi connectivity index (χ4v) is 1.67. The van der Waals surface area contributed by atoms with Gasteiger partial charge in [-0.1, -0.05) is 11.6 Å². The molecule has 18 heavy (non-hydrogen) atoms. The number of nitrogens with zero attached hydrogens (tertiary/aromatic N) is 3. The SMILES string of the molecule is Cc1nn(-c2ncc(C(=O)O)cc2Cl)cc1C=O. The molecule has 0 radical (unpaired) electrons. The summed E-state index contributed by atoms with van der Waals surface area (Å²) >= 11 is 5.94. The molecule has 1 N–H and O–H groups in total. The van der Waals surface area contributed by atoms with Gasteiger partial charge in [0.15, 0.2) is 12.1 Å². The third-order valence-corrected chi connectivity index (χ3v) is 2.63. The number of pyridine rings is 1. The Kier molecular flexibility index (Phi) is 3.12. The average molecular weight is 266 g/mol. The average Bonchev–Trinajstić information content (AvgIpc) is 2.70. The molecule has 2 heterocycles. The zero-order valence-electron chi connectivity index (χ0n) is 9.29. The lowest BCUT2D eigenvalue weighted by Crippen LogP contribution is -2.03. The van der Waals surface area contributed by atoms with Crippen molar-refractivity contribution in [2.45, 2.75) is 6.92 Å². The molecule has 0 aliphatic rings. The molecular formula is C11H8ClN3O3. The Morgan fingerprint density at radius 2 is 2.28 bits per heavy atom. The maximum Gasteiger partial charge on any atom is 0.337 e. The van der Waals surface area contributed by atoms with Gasteiger partial charge in [0.2, 0.25) is 0 Å². The predicted octanol–water partition coefficient (Wildman–Crippen LogP) is 1.74. The van der Waals surface area contributed by atoms with Gasteiger partial charge in [0.05, 0.1) is 21.8 Å². The van der Waals surface area contributed by atoms with E-state index >= 15 is 0 Å². The fourth-order valence-electron chi connectivity index (χ4n) is 1.41. The molecule has 0 saturated carbocycles. The normalized spacial score (nSPS) is 10.3. The zero-order chi connectivity index (χ0) is 13.3. The highest BCUT2D eigenvalue weighted by Gasteiger charge is 2.12. The van der Waals surface area contributed by atoms with Crippen molar-refractivity contribution in [2.24, 2.45) is 0 Å². The van der Waals surface area contributed by atoms with E-state index in [9.17, 15) is 9.59 Å². The molecule has 2 aromatic rings. The highest BCUT2D eigenvalue weighted by Crippen LogP contribution is 2.19. The molecule has 0 aromatic carbocycles. The summed E-state index contributed by atoms with van der Waals surface area (Å²) in [5.74, 6) is -0.834. The highest BCUT2D eigenvalue weighted by atomic mass is 35.5. The number of hydrogen-bond donors (Lipinski definition) is 1. The van der Waals surface area contributed by atoms with Gasteiger partial charge in [-0.25, -0.2) is 14.5 Å². The smallest absolute Gasteiger partial charge is 0.337 e. The third-order valence-electron chi connectivity index (χ3n) is 2.35. The zero-order valence-corrected chi connectivity index (χ0v) is 10.0. The van der Waals surface area contributed by atoms with E-state index < -0.39 is 5.97 Å². The summed E-state index contributed by atoms with van der Waals surface area (Å²) in [4.78, 5) is 25.4. The van der Waals surface area contributed by atoms with Crippen LogP contribution in [0.25, 0.3) is 5.82 Å². The molecular weight excluding hydrogens is 258 g/mol. The maximum atomic E-state index is 10.7. The van der Waals surface area contributed by atoms with Gasteiger partial charge in [-0.2, -0.15) is 5.10 Å². The molecule has 7 heteroatoms. The summed E-state index contributed by atoms with van der Waals surface area (Å²) in [5.41, 5.74) is 0.962. The van der Waals surface area contributed by atoms with Crippen LogP contribution in [0.3, 0.4) is 0 Å². The standard InChI is InChI=1S/C11H8ClN3O3/c1-6-8(5-16)4-15(14-6)10-9(12)2-7(3-13-10)11(17)18/h2-5H,1H3,(H,17,18). The van der Waals surface area contributed by atoms with Crippen molar-refractivity contribution < 1.29 is 14.7 Å². The number of carbonyl (C=O) groups excluding carboxylic acids is 1. The molecule has 2 rings (SSSR count). The number of carboxylic acid groups (broad SMARTS) is 1. The van der Waals surface area contributed by atoms with Crippen molar-refractivity contribution in [3.63, 3.8) is 0 Å². The summed E-state index contributed by atoms with van der Waals surface area (Å²) in [6, 6.07) is 1.28. The van der Waals surface area contributed by atoms with Crippen molar-refractivity contribution in [1.82, 2.24) is 14.8 Å². The van der Waals surface area contributed by atoms with Gasteiger partial charge in [-0.05, 0) is 13.0 Å². The van der Waals surface area contributed by atoms with Gasteiger partial charge in [0.1, 0.15) is 0 Å². The first-order chi connectivity index (χ1) is 8.52. The lowest BCUT2D eigenvalue weighted by molar-refractivity contribution is 0.0696. The minimum absolute atomic E-state index is 0.0109. The molecule has 0 unspecified atom stereocenters. The number of hydrogen-bond acceptors (Lipinski definition) is 4. The van der Waals surface area contributed by atoms with Crippen LogP contribution in [0.2, 0.25) is 5.02 Å². The van der Waals surface area contributed by atoms with Crippen LogP contribution in [0.1, 0.15) is 26.4 Å². The number of aryl methyl sites for hydroxylation is 1. The Hall–Kier alpha value is -2.21. The van der Waals surface area contributed by atoms with Crippen molar-refractivity contribution in [3.05, 3.63) is 40.3 Å². The first-order valence-corrected chi connectivity index (χ1v) is 5.31. The second-order valence-corrected chi connectivity index (χ2v) is 3.97. The monoisotopic (exact) mass is 265 g/mol. The Bertz CT molecular complexity index is 636. The van der Waals surface area contributed by atoms with Gasteiger partial charge in [0.25, 0.3) is 0 Å². The van der Waals surface area contributed by atoms with Gasteiger partial charge in [0, 0.05) is 12.4 Å². The van der Waals surface area contributed by atoms with Crippen LogP contribution in [-0.4, -0.2) is 32.1 Å².